The fourth-order valence-electron chi connectivity index (χ4n) is 4.97. The molecule has 0 aliphatic carbocycles. The average molecular weight is 496 g/mol. The first-order valence-electron chi connectivity index (χ1n) is 11.7. The lowest BCUT2D eigenvalue weighted by molar-refractivity contribution is 0.244. The number of nitrogens with one attached hydrogen (secondary N) is 1. The van der Waals surface area contributed by atoms with Crippen LogP contribution in [0.15, 0.2) is 77.9 Å². The third-order valence-corrected chi connectivity index (χ3v) is 6.63. The number of nitrogens with zero attached hydrogens (tertiary/aromatic N) is 5. The Labute approximate surface area is 207 Å². The van der Waals surface area contributed by atoms with E-state index in [1.165, 1.54) is 29.1 Å². The first-order chi connectivity index (χ1) is 18.1. The fourth-order valence-corrected chi connectivity index (χ4v) is 4.97. The van der Waals surface area contributed by atoms with Crippen molar-refractivity contribution in [3.05, 3.63) is 101 Å². The summed E-state index contributed by atoms with van der Waals surface area (Å²) >= 11 is 0. The average Bonchev–Trinajstić information content (AvgIpc) is 3.48. The molecule has 0 amide bonds. The minimum atomic E-state index is -0.510. The van der Waals surface area contributed by atoms with Crippen LogP contribution in [-0.2, 0) is 0 Å². The van der Waals surface area contributed by atoms with Gasteiger partial charge in [-0.25, -0.2) is 23.5 Å². The molecule has 6 aromatic rings. The van der Waals surface area contributed by atoms with E-state index in [4.69, 9.17) is 14.7 Å². The van der Waals surface area contributed by atoms with E-state index in [9.17, 15) is 13.6 Å². The smallest absolute Gasteiger partial charge is 0.328 e. The number of ether oxygens (including phenoxy) is 1. The second kappa shape index (κ2) is 8.09. The summed E-state index contributed by atoms with van der Waals surface area (Å²) in [7, 11) is 0. The number of aromatic amines is 1. The Balaban J connectivity index is 1.54. The van der Waals surface area contributed by atoms with Crippen LogP contribution in [0.25, 0.3) is 39.4 Å². The molecular formula is C27H18F2N6O2. The van der Waals surface area contributed by atoms with Gasteiger partial charge in [-0.15, -0.1) is 0 Å². The van der Waals surface area contributed by atoms with Crippen molar-refractivity contribution in [3.63, 3.8) is 0 Å². The standard InChI is InChI=1S/C27H18F2N6O2/c28-16-9-10-19-21(13-16)34(14-30-19)26-31-22(15-5-2-1-3-6-15)23-25(33-26)35(27(36)32-23)20-11-12-37-24-17(20)7-4-8-18(24)29/h1-10,13-14,20H,11-12H2,(H,32,36). The second-order valence-electron chi connectivity index (χ2n) is 8.80. The normalized spacial score (nSPS) is 15.1. The molecule has 1 atom stereocenters. The number of para-hydroxylation sites is 1. The number of halogens is 2. The molecule has 0 saturated carbocycles. The molecule has 1 N–H and O–H groups in total. The van der Waals surface area contributed by atoms with Crippen molar-refractivity contribution in [3.8, 4) is 23.0 Å². The number of fused-ring (bicyclic) bond motifs is 3. The fraction of sp³-hybridized carbons (Fsp3) is 0.111. The molecule has 8 nitrogen and oxygen atoms in total. The van der Waals surface area contributed by atoms with Gasteiger partial charge in [0.15, 0.2) is 17.2 Å². The van der Waals surface area contributed by atoms with Crippen molar-refractivity contribution in [2.75, 3.05) is 6.61 Å². The number of benzene rings is 3. The Morgan fingerprint density at radius 2 is 1.86 bits per heavy atom. The number of hydrogen-bond donors (Lipinski definition) is 1. The molecule has 3 aromatic heterocycles. The molecule has 0 fully saturated rings. The Hall–Kier alpha value is -4.86. The zero-order valence-electron chi connectivity index (χ0n) is 19.2. The predicted molar refractivity (Wildman–Crippen MR) is 133 cm³/mol. The van der Waals surface area contributed by atoms with Gasteiger partial charge in [0.05, 0.1) is 23.7 Å². The highest BCUT2D eigenvalue weighted by Gasteiger charge is 2.30. The molecule has 1 unspecified atom stereocenters. The van der Waals surface area contributed by atoms with Crippen molar-refractivity contribution in [1.82, 2.24) is 29.1 Å². The molecule has 0 saturated heterocycles. The number of hydrogen-bond acceptors (Lipinski definition) is 5. The van der Waals surface area contributed by atoms with E-state index in [2.05, 4.69) is 9.97 Å². The van der Waals surface area contributed by atoms with E-state index in [1.54, 1.807) is 22.8 Å². The third kappa shape index (κ3) is 3.33. The molecule has 37 heavy (non-hydrogen) atoms. The SMILES string of the molecule is O=c1[nH]c2c(-c3ccccc3)nc(-n3cnc4ccc(F)cc43)nc2n1C1CCOc2c(F)cccc21. The van der Waals surface area contributed by atoms with Gasteiger partial charge in [0, 0.05) is 23.6 Å². The minimum Gasteiger partial charge on any atom is -0.490 e. The lowest BCUT2D eigenvalue weighted by Crippen LogP contribution is -2.28. The van der Waals surface area contributed by atoms with Crippen LogP contribution < -0.4 is 10.4 Å². The highest BCUT2D eigenvalue weighted by molar-refractivity contribution is 5.88. The summed E-state index contributed by atoms with van der Waals surface area (Å²) in [5, 5.41) is 0. The summed E-state index contributed by atoms with van der Waals surface area (Å²) in [6.45, 7) is 0.243. The van der Waals surface area contributed by atoms with Crippen molar-refractivity contribution in [2.24, 2.45) is 0 Å². The number of rotatable bonds is 3. The predicted octanol–water partition coefficient (Wildman–Crippen LogP) is 4.78. The van der Waals surface area contributed by atoms with Gasteiger partial charge < -0.3 is 9.72 Å². The van der Waals surface area contributed by atoms with Crippen LogP contribution in [0.4, 0.5) is 8.78 Å². The van der Waals surface area contributed by atoms with Gasteiger partial charge in [-0.1, -0.05) is 42.5 Å². The van der Waals surface area contributed by atoms with E-state index < -0.39 is 23.4 Å². The molecule has 4 heterocycles. The van der Waals surface area contributed by atoms with Crippen molar-refractivity contribution < 1.29 is 13.5 Å². The summed E-state index contributed by atoms with van der Waals surface area (Å²) in [5.74, 6) is -0.548. The van der Waals surface area contributed by atoms with Crippen LogP contribution in [-0.4, -0.2) is 35.7 Å². The summed E-state index contributed by atoms with van der Waals surface area (Å²) in [4.78, 5) is 30.2. The van der Waals surface area contributed by atoms with Crippen LogP contribution in [0.2, 0.25) is 0 Å². The van der Waals surface area contributed by atoms with Gasteiger partial charge in [-0.2, -0.15) is 4.98 Å². The molecule has 1 aliphatic rings. The molecule has 0 spiro atoms. The van der Waals surface area contributed by atoms with Gasteiger partial charge >= 0.3 is 5.69 Å². The van der Waals surface area contributed by atoms with Crippen molar-refractivity contribution in [1.29, 1.82) is 0 Å². The highest BCUT2D eigenvalue weighted by Crippen LogP contribution is 2.38. The van der Waals surface area contributed by atoms with E-state index in [0.29, 0.717) is 39.9 Å². The molecule has 3 aromatic carbocycles. The van der Waals surface area contributed by atoms with Gasteiger partial charge in [0.25, 0.3) is 0 Å². The van der Waals surface area contributed by atoms with Gasteiger partial charge in [0.1, 0.15) is 23.4 Å². The monoisotopic (exact) mass is 496 g/mol. The first kappa shape index (κ1) is 21.4. The second-order valence-corrected chi connectivity index (χ2v) is 8.80. The number of aromatic nitrogens is 6. The topological polar surface area (TPSA) is 90.6 Å². The highest BCUT2D eigenvalue weighted by atomic mass is 19.1. The quantitative estimate of drug-likeness (QED) is 0.381. The van der Waals surface area contributed by atoms with E-state index in [1.807, 2.05) is 30.3 Å². The van der Waals surface area contributed by atoms with Crippen LogP contribution >= 0.6 is 0 Å². The number of H-pyrrole nitrogens is 1. The lowest BCUT2D eigenvalue weighted by atomic mass is 10.00. The van der Waals surface area contributed by atoms with E-state index in [0.717, 1.165) is 5.56 Å². The number of imidazole rings is 2. The Morgan fingerprint density at radius 1 is 1.00 bits per heavy atom. The molecule has 182 valence electrons. The maximum Gasteiger partial charge on any atom is 0.328 e. The summed E-state index contributed by atoms with van der Waals surface area (Å²) < 4.78 is 37.3. The van der Waals surface area contributed by atoms with E-state index >= 15 is 0 Å². The summed E-state index contributed by atoms with van der Waals surface area (Å²) in [5.41, 5.74) is 3.27. The van der Waals surface area contributed by atoms with Gasteiger partial charge in [-0.05, 0) is 18.2 Å². The molecular weight excluding hydrogens is 478 g/mol. The lowest BCUT2D eigenvalue weighted by Gasteiger charge is -2.26. The Morgan fingerprint density at radius 3 is 2.73 bits per heavy atom. The molecule has 10 heteroatoms. The van der Waals surface area contributed by atoms with E-state index in [-0.39, 0.29) is 18.3 Å². The van der Waals surface area contributed by atoms with Gasteiger partial charge in [0.2, 0.25) is 5.95 Å². The molecule has 0 bridgehead atoms. The molecule has 7 rings (SSSR count). The largest absolute Gasteiger partial charge is 0.490 e. The maximum absolute atomic E-state index is 14.5. The van der Waals surface area contributed by atoms with Crippen LogP contribution in [0.5, 0.6) is 5.75 Å². The maximum atomic E-state index is 14.5. The van der Waals surface area contributed by atoms with Crippen molar-refractivity contribution in [2.45, 2.75) is 12.5 Å². The zero-order chi connectivity index (χ0) is 25.1. The summed E-state index contributed by atoms with van der Waals surface area (Å²) in [6, 6.07) is 17.8. The zero-order valence-corrected chi connectivity index (χ0v) is 19.2. The summed E-state index contributed by atoms with van der Waals surface area (Å²) in [6.07, 6.45) is 1.97. The van der Waals surface area contributed by atoms with Crippen molar-refractivity contribution >= 4 is 22.2 Å². The molecule has 1 aliphatic heterocycles. The first-order valence-corrected chi connectivity index (χ1v) is 11.7. The third-order valence-electron chi connectivity index (χ3n) is 6.63. The van der Waals surface area contributed by atoms with Crippen LogP contribution in [0.1, 0.15) is 18.0 Å². The van der Waals surface area contributed by atoms with Crippen LogP contribution in [0.3, 0.4) is 0 Å². The Kier molecular flexibility index (Phi) is 4.68. The Bertz CT molecular complexity index is 1880. The van der Waals surface area contributed by atoms with Gasteiger partial charge in [-0.3, -0.25) is 9.13 Å². The van der Waals surface area contributed by atoms with Crippen LogP contribution in [0, 0.1) is 11.6 Å². The molecule has 0 radical (unpaired) electrons. The minimum absolute atomic E-state index is 0.133.